The summed E-state index contributed by atoms with van der Waals surface area (Å²) in [5.74, 6) is 0.329. The lowest BCUT2D eigenvalue weighted by Crippen LogP contribution is -2.41. The number of halogens is 3. The Morgan fingerprint density at radius 3 is 2.53 bits per heavy atom. The largest absolute Gasteiger partial charge is 0.399 e. The minimum atomic E-state index is -4.41. The molecule has 1 aliphatic carbocycles. The van der Waals surface area contributed by atoms with E-state index in [2.05, 4.69) is 15.3 Å². The van der Waals surface area contributed by atoms with E-state index in [0.29, 0.717) is 5.82 Å². The Labute approximate surface area is 173 Å². The van der Waals surface area contributed by atoms with Crippen LogP contribution in [-0.4, -0.2) is 45.3 Å². The highest BCUT2D eigenvalue weighted by molar-refractivity contribution is 5.75. The van der Waals surface area contributed by atoms with E-state index in [1.807, 2.05) is 35.3 Å². The monoisotopic (exact) mass is 415 g/mol. The Hall–Kier alpha value is -2.90. The van der Waals surface area contributed by atoms with Gasteiger partial charge in [-0.15, -0.1) is 10.2 Å². The highest BCUT2D eigenvalue weighted by Gasteiger charge is 2.53. The highest BCUT2D eigenvalue weighted by Crippen LogP contribution is 2.47. The first-order valence-corrected chi connectivity index (χ1v) is 10.2. The predicted octanol–water partition coefficient (Wildman–Crippen LogP) is 4.69. The predicted molar refractivity (Wildman–Crippen MR) is 110 cm³/mol. The maximum absolute atomic E-state index is 14.1. The molecule has 0 radical (unpaired) electrons. The number of aromatic nitrogens is 3. The van der Waals surface area contributed by atoms with Gasteiger partial charge >= 0.3 is 6.18 Å². The van der Waals surface area contributed by atoms with Crippen molar-refractivity contribution in [2.45, 2.75) is 38.4 Å². The molecule has 158 valence electrons. The summed E-state index contributed by atoms with van der Waals surface area (Å²) in [6.45, 7) is 1.42. The SMILES string of the molecule is FC(F)(F)C1(Cn2cnnc2C=NN2CCCCC2)C=CC(c2ccccc2)=CC1. The maximum atomic E-state index is 14.1. The third-order valence-corrected chi connectivity index (χ3v) is 5.71. The summed E-state index contributed by atoms with van der Waals surface area (Å²) in [7, 11) is 0. The number of hydrogen-bond donors (Lipinski definition) is 0. The van der Waals surface area contributed by atoms with Crippen LogP contribution in [-0.2, 0) is 6.54 Å². The van der Waals surface area contributed by atoms with Gasteiger partial charge in [0.2, 0.25) is 0 Å². The summed E-state index contributed by atoms with van der Waals surface area (Å²) in [6, 6.07) is 9.43. The minimum Gasteiger partial charge on any atom is -0.312 e. The van der Waals surface area contributed by atoms with Crippen molar-refractivity contribution in [1.29, 1.82) is 0 Å². The molecule has 0 N–H and O–H groups in total. The summed E-state index contributed by atoms with van der Waals surface area (Å²) in [6.07, 6.45) is 6.14. The number of nitrogens with zero attached hydrogens (tertiary/aromatic N) is 5. The molecule has 0 amide bonds. The smallest absolute Gasteiger partial charge is 0.312 e. The second-order valence-corrected chi connectivity index (χ2v) is 7.79. The van der Waals surface area contributed by atoms with E-state index in [-0.39, 0.29) is 13.0 Å². The minimum absolute atomic E-state index is 0.141. The zero-order valence-electron chi connectivity index (χ0n) is 16.6. The Morgan fingerprint density at radius 2 is 1.87 bits per heavy atom. The molecule has 8 heteroatoms. The number of alkyl halides is 3. The van der Waals surface area contributed by atoms with E-state index in [1.54, 1.807) is 12.2 Å². The quantitative estimate of drug-likeness (QED) is 0.666. The number of rotatable bonds is 5. The van der Waals surface area contributed by atoms with E-state index in [4.69, 9.17) is 0 Å². The van der Waals surface area contributed by atoms with Crippen molar-refractivity contribution < 1.29 is 13.2 Å². The molecule has 1 aromatic heterocycles. The molecule has 4 rings (SSSR count). The van der Waals surface area contributed by atoms with Gasteiger partial charge in [-0.2, -0.15) is 18.3 Å². The molecule has 2 heterocycles. The fourth-order valence-electron chi connectivity index (χ4n) is 3.85. The van der Waals surface area contributed by atoms with Gasteiger partial charge < -0.3 is 4.57 Å². The summed E-state index contributed by atoms with van der Waals surface area (Å²) in [4.78, 5) is 0. The van der Waals surface area contributed by atoms with Crippen LogP contribution < -0.4 is 0 Å². The second kappa shape index (κ2) is 8.45. The molecule has 1 unspecified atom stereocenters. The molecule has 2 aromatic rings. The van der Waals surface area contributed by atoms with Gasteiger partial charge in [0, 0.05) is 19.6 Å². The number of hydrazone groups is 1. The molecule has 1 aromatic carbocycles. The molecule has 0 saturated carbocycles. The van der Waals surface area contributed by atoms with E-state index in [1.165, 1.54) is 29.6 Å². The molecule has 0 bridgehead atoms. The van der Waals surface area contributed by atoms with Crippen LogP contribution in [0.2, 0.25) is 0 Å². The topological polar surface area (TPSA) is 46.3 Å². The van der Waals surface area contributed by atoms with Gasteiger partial charge in [-0.05, 0) is 36.8 Å². The molecule has 30 heavy (non-hydrogen) atoms. The highest BCUT2D eigenvalue weighted by atomic mass is 19.4. The van der Waals surface area contributed by atoms with Gasteiger partial charge in [0.1, 0.15) is 11.7 Å². The van der Waals surface area contributed by atoms with Crippen LogP contribution in [0.15, 0.2) is 60.0 Å². The van der Waals surface area contributed by atoms with E-state index in [9.17, 15) is 13.2 Å². The van der Waals surface area contributed by atoms with Crippen LogP contribution in [0.25, 0.3) is 5.57 Å². The summed E-state index contributed by atoms with van der Waals surface area (Å²) >= 11 is 0. The first-order valence-electron chi connectivity index (χ1n) is 10.2. The number of benzene rings is 1. The van der Waals surface area contributed by atoms with Crippen LogP contribution in [0.5, 0.6) is 0 Å². The van der Waals surface area contributed by atoms with Crippen LogP contribution >= 0.6 is 0 Å². The maximum Gasteiger partial charge on any atom is 0.399 e. The Balaban J connectivity index is 1.55. The molecule has 1 saturated heterocycles. The second-order valence-electron chi connectivity index (χ2n) is 7.79. The summed E-state index contributed by atoms with van der Waals surface area (Å²) < 4.78 is 43.9. The Morgan fingerprint density at radius 1 is 1.10 bits per heavy atom. The van der Waals surface area contributed by atoms with E-state index in [0.717, 1.165) is 37.1 Å². The third-order valence-electron chi connectivity index (χ3n) is 5.71. The molecule has 1 atom stereocenters. The van der Waals surface area contributed by atoms with Crippen molar-refractivity contribution in [1.82, 2.24) is 19.8 Å². The van der Waals surface area contributed by atoms with Crippen molar-refractivity contribution in [3.05, 3.63) is 66.3 Å². The Kier molecular flexibility index (Phi) is 5.74. The fourth-order valence-corrected chi connectivity index (χ4v) is 3.85. The third kappa shape index (κ3) is 4.32. The van der Waals surface area contributed by atoms with Crippen molar-refractivity contribution >= 4 is 11.8 Å². The van der Waals surface area contributed by atoms with E-state index < -0.39 is 11.6 Å². The lowest BCUT2D eigenvalue weighted by molar-refractivity contribution is -0.209. The lowest BCUT2D eigenvalue weighted by atomic mass is 9.78. The zero-order chi connectivity index (χ0) is 21.0. The Bertz CT molecular complexity index is 939. The number of piperidine rings is 1. The van der Waals surface area contributed by atoms with Crippen LogP contribution in [0.4, 0.5) is 13.2 Å². The van der Waals surface area contributed by atoms with Crippen molar-refractivity contribution in [3.63, 3.8) is 0 Å². The molecule has 2 aliphatic rings. The molecule has 0 spiro atoms. The van der Waals surface area contributed by atoms with Gasteiger partial charge in [0.25, 0.3) is 0 Å². The molecular weight excluding hydrogens is 391 g/mol. The van der Waals surface area contributed by atoms with Gasteiger partial charge in [-0.1, -0.05) is 48.6 Å². The van der Waals surface area contributed by atoms with Gasteiger partial charge in [-0.25, -0.2) is 0 Å². The van der Waals surface area contributed by atoms with Gasteiger partial charge in [0.15, 0.2) is 5.82 Å². The standard InChI is InChI=1S/C22H24F3N5/c23-22(24,25)21(11-9-19(10-12-21)18-7-3-1-4-8-18)16-29-17-26-28-20(29)15-27-30-13-5-2-6-14-30/h1,3-4,7-11,15,17H,2,5-6,12-14,16H2. The fraction of sp³-hybridized carbons (Fsp3) is 0.409. The average Bonchev–Trinajstić information content (AvgIpc) is 3.20. The van der Waals surface area contributed by atoms with Crippen molar-refractivity contribution in [2.24, 2.45) is 10.5 Å². The van der Waals surface area contributed by atoms with Crippen molar-refractivity contribution in [3.8, 4) is 0 Å². The molecule has 1 fully saturated rings. The average molecular weight is 415 g/mol. The normalized spacial score (nSPS) is 22.5. The number of allylic oxidation sites excluding steroid dienone is 4. The first-order chi connectivity index (χ1) is 14.5. The van der Waals surface area contributed by atoms with Crippen LogP contribution in [0.3, 0.4) is 0 Å². The molecular formula is C22H24F3N5. The van der Waals surface area contributed by atoms with Gasteiger partial charge in [0.05, 0.1) is 6.21 Å². The summed E-state index contributed by atoms with van der Waals surface area (Å²) in [5, 5.41) is 14.1. The van der Waals surface area contributed by atoms with Crippen LogP contribution in [0, 0.1) is 5.41 Å². The van der Waals surface area contributed by atoms with Crippen LogP contribution in [0.1, 0.15) is 37.1 Å². The van der Waals surface area contributed by atoms with Gasteiger partial charge in [-0.3, -0.25) is 5.01 Å². The summed E-state index contributed by atoms with van der Waals surface area (Å²) in [5.41, 5.74) is -0.309. The van der Waals surface area contributed by atoms with E-state index >= 15 is 0 Å². The first kappa shape index (κ1) is 20.4. The zero-order valence-corrected chi connectivity index (χ0v) is 16.6. The number of hydrogen-bond acceptors (Lipinski definition) is 4. The molecule has 5 nitrogen and oxygen atoms in total. The molecule has 1 aliphatic heterocycles. The van der Waals surface area contributed by atoms with Crippen molar-refractivity contribution in [2.75, 3.05) is 13.1 Å². The lowest BCUT2D eigenvalue weighted by Gasteiger charge is -2.34.